The summed E-state index contributed by atoms with van der Waals surface area (Å²) in [5, 5.41) is 15.2. The van der Waals surface area contributed by atoms with Crippen molar-refractivity contribution >= 4 is 11.6 Å². The maximum Gasteiger partial charge on any atom is 0.263 e. The van der Waals surface area contributed by atoms with Crippen LogP contribution >= 0.6 is 0 Å². The van der Waals surface area contributed by atoms with E-state index in [0.29, 0.717) is 18.9 Å². The fourth-order valence-electron chi connectivity index (χ4n) is 2.64. The lowest BCUT2D eigenvalue weighted by molar-refractivity contribution is -0.117. The highest BCUT2D eigenvalue weighted by Gasteiger charge is 2.09. The molecule has 2 N–H and O–H groups in total. The minimum Gasteiger partial charge on any atom is -0.497 e. The zero-order chi connectivity index (χ0) is 19.6. The molecular formula is C22H25N3O2. The predicted molar refractivity (Wildman–Crippen MR) is 108 cm³/mol. The highest BCUT2D eigenvalue weighted by molar-refractivity contribution is 5.97. The van der Waals surface area contributed by atoms with Crippen molar-refractivity contribution in [3.63, 3.8) is 0 Å². The van der Waals surface area contributed by atoms with Gasteiger partial charge in [-0.3, -0.25) is 4.79 Å². The summed E-state index contributed by atoms with van der Waals surface area (Å²) in [5.74, 6) is 0.747. The lowest BCUT2D eigenvalue weighted by Gasteiger charge is -2.12. The Morgan fingerprint density at radius 2 is 1.89 bits per heavy atom. The van der Waals surface area contributed by atoms with Crippen LogP contribution in [-0.4, -0.2) is 19.6 Å². The van der Waals surface area contributed by atoms with E-state index in [1.807, 2.05) is 54.6 Å². The first-order chi connectivity index (χ1) is 13.0. The van der Waals surface area contributed by atoms with Crippen molar-refractivity contribution in [3.8, 4) is 11.8 Å². The normalized spacial score (nSPS) is 11.0. The van der Waals surface area contributed by atoms with Crippen molar-refractivity contribution in [2.24, 2.45) is 0 Å². The number of amides is 1. The van der Waals surface area contributed by atoms with E-state index >= 15 is 0 Å². The first-order valence-electron chi connectivity index (χ1n) is 8.92. The number of para-hydroxylation sites is 1. The van der Waals surface area contributed by atoms with Gasteiger partial charge in [0.2, 0.25) is 0 Å². The Labute approximate surface area is 160 Å². The Morgan fingerprint density at radius 1 is 1.19 bits per heavy atom. The summed E-state index contributed by atoms with van der Waals surface area (Å²) in [6.07, 6.45) is 2.14. The molecule has 0 aliphatic heterocycles. The van der Waals surface area contributed by atoms with Gasteiger partial charge in [-0.15, -0.1) is 0 Å². The van der Waals surface area contributed by atoms with Gasteiger partial charge in [-0.1, -0.05) is 44.2 Å². The molecule has 0 radical (unpaired) electrons. The standard InChI is InChI=1S/C22H25N3O2/c1-16(2)20-6-4-5-7-21(20)25-15-18(14-23)22(26)24-13-12-17-8-10-19(27-3)11-9-17/h4-11,15-16,25H,12-13H2,1-3H3,(H,24,26)/b18-15-. The van der Waals surface area contributed by atoms with Gasteiger partial charge in [0.25, 0.3) is 5.91 Å². The zero-order valence-electron chi connectivity index (χ0n) is 16.0. The molecule has 0 aromatic heterocycles. The molecule has 27 heavy (non-hydrogen) atoms. The molecule has 0 spiro atoms. The van der Waals surface area contributed by atoms with Gasteiger partial charge in [-0.2, -0.15) is 5.26 Å². The third-order valence-electron chi connectivity index (χ3n) is 4.18. The van der Waals surface area contributed by atoms with Crippen LogP contribution in [0.15, 0.2) is 60.3 Å². The second kappa shape index (κ2) is 10.0. The smallest absolute Gasteiger partial charge is 0.263 e. The lowest BCUT2D eigenvalue weighted by Crippen LogP contribution is -2.27. The number of nitrogens with zero attached hydrogens (tertiary/aromatic N) is 1. The van der Waals surface area contributed by atoms with E-state index in [-0.39, 0.29) is 11.5 Å². The molecule has 0 saturated heterocycles. The molecule has 2 rings (SSSR count). The van der Waals surface area contributed by atoms with E-state index < -0.39 is 0 Å². The molecule has 2 aromatic carbocycles. The zero-order valence-corrected chi connectivity index (χ0v) is 16.0. The van der Waals surface area contributed by atoms with Crippen LogP contribution in [0.25, 0.3) is 0 Å². The molecule has 140 valence electrons. The molecule has 0 fully saturated rings. The minimum atomic E-state index is -0.388. The van der Waals surface area contributed by atoms with Crippen LogP contribution in [0.4, 0.5) is 5.69 Å². The Balaban J connectivity index is 1.93. The molecule has 0 aliphatic rings. The number of carbonyl (C=O) groups is 1. The molecule has 0 saturated carbocycles. The highest BCUT2D eigenvalue weighted by Crippen LogP contribution is 2.23. The van der Waals surface area contributed by atoms with Gasteiger partial charge in [-0.25, -0.2) is 0 Å². The number of nitrogens with one attached hydrogen (secondary N) is 2. The summed E-state index contributed by atoms with van der Waals surface area (Å²) in [6.45, 7) is 4.65. The Morgan fingerprint density at radius 3 is 2.52 bits per heavy atom. The molecule has 0 bridgehead atoms. The molecular weight excluding hydrogens is 338 g/mol. The average Bonchev–Trinajstić information content (AvgIpc) is 2.69. The van der Waals surface area contributed by atoms with Gasteiger partial charge in [0.15, 0.2) is 0 Å². The van der Waals surface area contributed by atoms with Crippen LogP contribution in [0, 0.1) is 11.3 Å². The van der Waals surface area contributed by atoms with E-state index in [0.717, 1.165) is 22.6 Å². The third kappa shape index (κ3) is 5.89. The van der Waals surface area contributed by atoms with Crippen molar-refractivity contribution in [1.29, 1.82) is 5.26 Å². The SMILES string of the molecule is COc1ccc(CCNC(=O)/C(C#N)=C\Nc2ccccc2C(C)C)cc1. The number of nitriles is 1. The second-order valence-corrected chi connectivity index (χ2v) is 6.41. The lowest BCUT2D eigenvalue weighted by atomic mass is 10.0. The van der Waals surface area contributed by atoms with E-state index in [9.17, 15) is 10.1 Å². The van der Waals surface area contributed by atoms with Gasteiger partial charge in [-0.05, 0) is 41.7 Å². The number of rotatable bonds is 8. The largest absolute Gasteiger partial charge is 0.497 e. The third-order valence-corrected chi connectivity index (χ3v) is 4.18. The number of hydrogen-bond donors (Lipinski definition) is 2. The first-order valence-corrected chi connectivity index (χ1v) is 8.92. The van der Waals surface area contributed by atoms with E-state index in [1.54, 1.807) is 7.11 Å². The van der Waals surface area contributed by atoms with Crippen LogP contribution in [0.1, 0.15) is 30.9 Å². The summed E-state index contributed by atoms with van der Waals surface area (Å²) in [7, 11) is 1.62. The van der Waals surface area contributed by atoms with Gasteiger partial charge in [0.1, 0.15) is 17.4 Å². The highest BCUT2D eigenvalue weighted by atomic mass is 16.5. The van der Waals surface area contributed by atoms with Crippen LogP contribution in [0.2, 0.25) is 0 Å². The van der Waals surface area contributed by atoms with E-state index in [4.69, 9.17) is 4.74 Å². The second-order valence-electron chi connectivity index (χ2n) is 6.41. The Hall–Kier alpha value is -3.26. The number of hydrogen-bond acceptors (Lipinski definition) is 4. The molecule has 5 nitrogen and oxygen atoms in total. The molecule has 0 aliphatic carbocycles. The maximum atomic E-state index is 12.2. The van der Waals surface area contributed by atoms with E-state index in [2.05, 4.69) is 24.5 Å². The summed E-state index contributed by atoms with van der Waals surface area (Å²) in [6, 6.07) is 17.5. The topological polar surface area (TPSA) is 74.1 Å². The van der Waals surface area contributed by atoms with Gasteiger partial charge in [0.05, 0.1) is 7.11 Å². The molecule has 2 aromatic rings. The molecule has 5 heteroatoms. The van der Waals surface area contributed by atoms with Crippen LogP contribution in [0.3, 0.4) is 0 Å². The van der Waals surface area contributed by atoms with Gasteiger partial charge >= 0.3 is 0 Å². The van der Waals surface area contributed by atoms with Crippen molar-refractivity contribution in [3.05, 3.63) is 71.4 Å². The fourth-order valence-corrected chi connectivity index (χ4v) is 2.64. The fraction of sp³-hybridized carbons (Fsp3) is 0.273. The molecule has 0 unspecified atom stereocenters. The van der Waals surface area contributed by atoms with Gasteiger partial charge in [0, 0.05) is 18.4 Å². The predicted octanol–water partition coefficient (Wildman–Crippen LogP) is 4.00. The monoisotopic (exact) mass is 363 g/mol. The van der Waals surface area contributed by atoms with Crippen LogP contribution < -0.4 is 15.4 Å². The van der Waals surface area contributed by atoms with Crippen molar-refractivity contribution in [2.75, 3.05) is 19.0 Å². The number of ether oxygens (including phenoxy) is 1. The first kappa shape index (κ1) is 20.1. The summed E-state index contributed by atoms with van der Waals surface area (Å²) >= 11 is 0. The van der Waals surface area contributed by atoms with Crippen molar-refractivity contribution < 1.29 is 9.53 Å². The molecule has 0 heterocycles. The summed E-state index contributed by atoms with van der Waals surface area (Å²) < 4.78 is 5.12. The molecule has 0 atom stereocenters. The maximum absolute atomic E-state index is 12.2. The van der Waals surface area contributed by atoms with Crippen molar-refractivity contribution in [1.82, 2.24) is 5.32 Å². The number of methoxy groups -OCH3 is 1. The number of benzene rings is 2. The number of carbonyl (C=O) groups excluding carboxylic acids is 1. The Bertz CT molecular complexity index is 833. The summed E-state index contributed by atoms with van der Waals surface area (Å²) in [4.78, 5) is 12.2. The van der Waals surface area contributed by atoms with Crippen LogP contribution in [0.5, 0.6) is 5.75 Å². The van der Waals surface area contributed by atoms with Crippen molar-refractivity contribution in [2.45, 2.75) is 26.2 Å². The van der Waals surface area contributed by atoms with E-state index in [1.165, 1.54) is 6.20 Å². The van der Waals surface area contributed by atoms with Gasteiger partial charge < -0.3 is 15.4 Å². The van der Waals surface area contributed by atoms with Crippen LogP contribution in [-0.2, 0) is 11.2 Å². The minimum absolute atomic E-state index is 0.0447. The summed E-state index contributed by atoms with van der Waals surface area (Å²) in [5.41, 5.74) is 3.16. The average molecular weight is 363 g/mol. The quantitative estimate of drug-likeness (QED) is 0.549. The number of anilines is 1. The Kier molecular flexibility index (Phi) is 7.45. The molecule has 1 amide bonds.